The highest BCUT2D eigenvalue weighted by Crippen LogP contribution is 2.27. The molecule has 1 N–H and O–H groups in total. The summed E-state index contributed by atoms with van der Waals surface area (Å²) in [4.78, 5) is 18.7. The molecular formula is C19H25FN4O. The van der Waals surface area contributed by atoms with Crippen molar-refractivity contribution in [3.63, 3.8) is 0 Å². The van der Waals surface area contributed by atoms with Crippen LogP contribution in [0.3, 0.4) is 0 Å². The smallest absolute Gasteiger partial charge is 0.317 e. The molecule has 3 rings (SSSR count). The van der Waals surface area contributed by atoms with E-state index in [1.54, 1.807) is 12.1 Å². The van der Waals surface area contributed by atoms with Crippen LogP contribution in [0, 0.1) is 12.7 Å². The monoisotopic (exact) mass is 344 g/mol. The normalized spacial score (nSPS) is 17.3. The Kier molecular flexibility index (Phi) is 5.06. The summed E-state index contributed by atoms with van der Waals surface area (Å²) in [6, 6.07) is 6.69. The van der Waals surface area contributed by atoms with Gasteiger partial charge in [-0.05, 0) is 44.9 Å². The van der Waals surface area contributed by atoms with Crippen molar-refractivity contribution in [3.8, 4) is 0 Å². The molecule has 0 spiro atoms. The predicted molar refractivity (Wildman–Crippen MR) is 95.1 cm³/mol. The van der Waals surface area contributed by atoms with Crippen LogP contribution in [0.2, 0.25) is 0 Å². The van der Waals surface area contributed by atoms with Gasteiger partial charge in [-0.3, -0.25) is 0 Å². The second-order valence-corrected chi connectivity index (χ2v) is 7.01. The quantitative estimate of drug-likeness (QED) is 0.925. The number of nitrogens with one attached hydrogen (secondary N) is 1. The Morgan fingerprint density at radius 1 is 1.36 bits per heavy atom. The third-order valence-electron chi connectivity index (χ3n) is 4.59. The Bertz CT molecular complexity index is 738. The minimum Gasteiger partial charge on any atom is -0.336 e. The van der Waals surface area contributed by atoms with Crippen molar-refractivity contribution in [2.45, 2.75) is 45.7 Å². The van der Waals surface area contributed by atoms with E-state index in [2.05, 4.69) is 14.9 Å². The molecule has 2 aromatic rings. The Balaban J connectivity index is 1.73. The number of aromatic nitrogens is 2. The number of halogens is 1. The minimum absolute atomic E-state index is 0.00846. The topological polar surface area (TPSA) is 50.2 Å². The van der Waals surface area contributed by atoms with Gasteiger partial charge in [0.15, 0.2) is 0 Å². The van der Waals surface area contributed by atoms with E-state index in [-0.39, 0.29) is 23.8 Å². The van der Waals surface area contributed by atoms with Crippen LogP contribution in [-0.2, 0) is 6.54 Å². The first-order valence-corrected chi connectivity index (χ1v) is 8.76. The number of nitrogens with zero attached hydrogens (tertiary/aromatic N) is 3. The number of carbonyl (C=O) groups excluding carboxylic acids is 1. The average molecular weight is 344 g/mol. The van der Waals surface area contributed by atoms with Crippen molar-refractivity contribution in [2.24, 2.45) is 0 Å². The van der Waals surface area contributed by atoms with Gasteiger partial charge in [-0.2, -0.15) is 0 Å². The van der Waals surface area contributed by atoms with Gasteiger partial charge >= 0.3 is 6.03 Å². The van der Waals surface area contributed by atoms with Gasteiger partial charge in [0, 0.05) is 43.5 Å². The van der Waals surface area contributed by atoms with Gasteiger partial charge in [0.25, 0.3) is 0 Å². The molecule has 0 aliphatic carbocycles. The van der Waals surface area contributed by atoms with Crippen molar-refractivity contribution >= 4 is 6.03 Å². The van der Waals surface area contributed by atoms with Crippen LogP contribution in [0.5, 0.6) is 0 Å². The molecule has 5 nitrogen and oxygen atoms in total. The zero-order valence-electron chi connectivity index (χ0n) is 15.0. The first-order chi connectivity index (χ1) is 11.9. The molecule has 0 radical (unpaired) electrons. The number of hydrogen-bond donors (Lipinski definition) is 1. The van der Waals surface area contributed by atoms with E-state index in [0.29, 0.717) is 13.1 Å². The molecule has 0 saturated carbocycles. The van der Waals surface area contributed by atoms with E-state index in [0.717, 1.165) is 30.0 Å². The van der Waals surface area contributed by atoms with Crippen LogP contribution in [0.15, 0.2) is 30.5 Å². The van der Waals surface area contributed by atoms with Gasteiger partial charge in [0.2, 0.25) is 0 Å². The number of benzene rings is 1. The van der Waals surface area contributed by atoms with E-state index in [9.17, 15) is 9.18 Å². The van der Waals surface area contributed by atoms with Gasteiger partial charge in [0.05, 0.1) is 0 Å². The van der Waals surface area contributed by atoms with Gasteiger partial charge in [0.1, 0.15) is 11.6 Å². The van der Waals surface area contributed by atoms with Gasteiger partial charge in [-0.25, -0.2) is 14.2 Å². The van der Waals surface area contributed by atoms with E-state index in [4.69, 9.17) is 0 Å². The third-order valence-corrected chi connectivity index (χ3v) is 4.59. The highest BCUT2D eigenvalue weighted by Gasteiger charge is 2.30. The number of aryl methyl sites for hydroxylation is 1. The van der Waals surface area contributed by atoms with E-state index >= 15 is 0 Å². The second-order valence-electron chi connectivity index (χ2n) is 7.01. The van der Waals surface area contributed by atoms with Crippen molar-refractivity contribution < 1.29 is 9.18 Å². The summed E-state index contributed by atoms with van der Waals surface area (Å²) in [5, 5.41) is 2.95. The van der Waals surface area contributed by atoms with Crippen LogP contribution >= 0.6 is 0 Å². The van der Waals surface area contributed by atoms with Crippen molar-refractivity contribution in [3.05, 3.63) is 53.4 Å². The molecule has 2 heterocycles. The summed E-state index contributed by atoms with van der Waals surface area (Å²) in [6.07, 6.45) is 2.78. The lowest BCUT2D eigenvalue weighted by molar-refractivity contribution is 0.205. The molecule has 6 heteroatoms. The molecule has 134 valence electrons. The van der Waals surface area contributed by atoms with Crippen LogP contribution in [0.1, 0.15) is 43.3 Å². The standard InChI is InChI=1S/C19H25FN4O/c1-13(2)22-19(25)23-9-8-16(12-23)18-21-10-14(3)24(18)11-15-4-6-17(20)7-5-15/h4-7,10,13,16H,8-9,11-12H2,1-3H3,(H,22,25). The van der Waals surface area contributed by atoms with Crippen LogP contribution in [0.25, 0.3) is 0 Å². The van der Waals surface area contributed by atoms with Crippen LogP contribution in [-0.4, -0.2) is 39.6 Å². The number of rotatable bonds is 4. The molecular weight excluding hydrogens is 319 g/mol. The molecule has 1 aliphatic heterocycles. The van der Waals surface area contributed by atoms with Gasteiger partial charge in [-0.15, -0.1) is 0 Å². The minimum atomic E-state index is -0.228. The molecule has 1 aliphatic rings. The Morgan fingerprint density at radius 3 is 2.76 bits per heavy atom. The number of hydrogen-bond acceptors (Lipinski definition) is 2. The summed E-state index contributed by atoms with van der Waals surface area (Å²) in [5.41, 5.74) is 2.11. The Hall–Kier alpha value is -2.37. The summed E-state index contributed by atoms with van der Waals surface area (Å²) in [6.45, 7) is 8.03. The summed E-state index contributed by atoms with van der Waals surface area (Å²) < 4.78 is 15.3. The molecule has 1 unspecified atom stereocenters. The lowest BCUT2D eigenvalue weighted by Gasteiger charge is -2.19. The lowest BCUT2D eigenvalue weighted by Crippen LogP contribution is -2.41. The maximum Gasteiger partial charge on any atom is 0.317 e. The largest absolute Gasteiger partial charge is 0.336 e. The Labute approximate surface area is 147 Å². The predicted octanol–water partition coefficient (Wildman–Crippen LogP) is 3.29. The fourth-order valence-electron chi connectivity index (χ4n) is 3.28. The molecule has 2 amide bonds. The summed E-state index contributed by atoms with van der Waals surface area (Å²) >= 11 is 0. The molecule has 1 fully saturated rings. The van der Waals surface area contributed by atoms with Crippen molar-refractivity contribution in [1.82, 2.24) is 19.8 Å². The van der Waals surface area contributed by atoms with Crippen molar-refractivity contribution in [2.75, 3.05) is 13.1 Å². The molecule has 0 bridgehead atoms. The number of imidazole rings is 1. The maximum atomic E-state index is 13.1. The average Bonchev–Trinajstić information content (AvgIpc) is 3.17. The summed E-state index contributed by atoms with van der Waals surface area (Å²) in [5.74, 6) is 1.00. The molecule has 25 heavy (non-hydrogen) atoms. The lowest BCUT2D eigenvalue weighted by atomic mass is 10.1. The zero-order valence-corrected chi connectivity index (χ0v) is 15.0. The number of urea groups is 1. The fourth-order valence-corrected chi connectivity index (χ4v) is 3.28. The first kappa shape index (κ1) is 17.5. The van der Waals surface area contributed by atoms with E-state index in [1.807, 2.05) is 31.9 Å². The molecule has 1 saturated heterocycles. The van der Waals surface area contributed by atoms with E-state index in [1.165, 1.54) is 12.1 Å². The zero-order chi connectivity index (χ0) is 18.0. The van der Waals surface area contributed by atoms with E-state index < -0.39 is 0 Å². The molecule has 1 atom stereocenters. The molecule has 1 aromatic heterocycles. The maximum absolute atomic E-state index is 13.1. The van der Waals surface area contributed by atoms with Crippen molar-refractivity contribution in [1.29, 1.82) is 0 Å². The fraction of sp³-hybridized carbons (Fsp3) is 0.474. The van der Waals surface area contributed by atoms with Gasteiger partial charge < -0.3 is 14.8 Å². The highest BCUT2D eigenvalue weighted by molar-refractivity contribution is 5.74. The Morgan fingerprint density at radius 2 is 2.08 bits per heavy atom. The van der Waals surface area contributed by atoms with Crippen LogP contribution < -0.4 is 5.32 Å². The molecule has 1 aromatic carbocycles. The third kappa shape index (κ3) is 4.00. The first-order valence-electron chi connectivity index (χ1n) is 8.76. The second kappa shape index (κ2) is 7.25. The summed E-state index contributed by atoms with van der Waals surface area (Å²) in [7, 11) is 0. The number of likely N-dealkylation sites (tertiary alicyclic amines) is 1. The number of carbonyl (C=O) groups is 1. The SMILES string of the molecule is Cc1cnc(C2CCN(C(=O)NC(C)C)C2)n1Cc1ccc(F)cc1. The van der Waals surface area contributed by atoms with Crippen LogP contribution in [0.4, 0.5) is 9.18 Å². The highest BCUT2D eigenvalue weighted by atomic mass is 19.1. The number of amides is 2. The van der Waals surface area contributed by atoms with Gasteiger partial charge in [-0.1, -0.05) is 12.1 Å².